The number of morpholine rings is 1. The van der Waals surface area contributed by atoms with Crippen molar-refractivity contribution >= 4 is 29.4 Å². The smallest absolute Gasteiger partial charge is 0.251 e. The van der Waals surface area contributed by atoms with Crippen LogP contribution in [-0.4, -0.2) is 49.2 Å². The van der Waals surface area contributed by atoms with Crippen LogP contribution in [0, 0.1) is 5.82 Å². The zero-order valence-electron chi connectivity index (χ0n) is 20.6. The van der Waals surface area contributed by atoms with Gasteiger partial charge in [0, 0.05) is 37.1 Å². The monoisotopic (exact) mass is 500 g/mol. The summed E-state index contributed by atoms with van der Waals surface area (Å²) in [5.41, 5.74) is 4.55. The molecule has 0 radical (unpaired) electrons. The summed E-state index contributed by atoms with van der Waals surface area (Å²) in [6.07, 6.45) is 1.64. The number of hydrogen-bond donors (Lipinski definition) is 2. The third-order valence-corrected chi connectivity index (χ3v) is 6.70. The summed E-state index contributed by atoms with van der Waals surface area (Å²) < 4.78 is 18.6. The zero-order valence-corrected chi connectivity index (χ0v) is 20.6. The largest absolute Gasteiger partial charge is 0.379 e. The molecule has 0 saturated carbocycles. The van der Waals surface area contributed by atoms with E-state index in [-0.39, 0.29) is 23.7 Å². The Kier molecular flexibility index (Phi) is 7.39. The van der Waals surface area contributed by atoms with Crippen LogP contribution >= 0.6 is 0 Å². The van der Waals surface area contributed by atoms with Gasteiger partial charge in [-0.1, -0.05) is 24.3 Å². The van der Waals surface area contributed by atoms with E-state index in [9.17, 15) is 14.0 Å². The topological polar surface area (TPSA) is 83.0 Å². The van der Waals surface area contributed by atoms with Crippen LogP contribution in [0.3, 0.4) is 0 Å². The molecule has 0 spiro atoms. The Hall–Kier alpha value is -3.88. The maximum absolute atomic E-state index is 13.2. The Bertz CT molecular complexity index is 1320. The number of carbonyl (C=O) groups is 2. The van der Waals surface area contributed by atoms with Crippen molar-refractivity contribution in [2.75, 3.05) is 31.6 Å². The van der Waals surface area contributed by atoms with Gasteiger partial charge in [0.1, 0.15) is 11.7 Å². The molecule has 37 heavy (non-hydrogen) atoms. The number of rotatable bonds is 7. The third kappa shape index (κ3) is 5.93. The van der Waals surface area contributed by atoms with Gasteiger partial charge in [-0.2, -0.15) is 0 Å². The van der Waals surface area contributed by atoms with Gasteiger partial charge in [0.05, 0.1) is 24.9 Å². The minimum Gasteiger partial charge on any atom is -0.379 e. The summed E-state index contributed by atoms with van der Waals surface area (Å²) in [5.74, 6) is -1.37. The Balaban J connectivity index is 1.29. The molecule has 2 aliphatic heterocycles. The summed E-state index contributed by atoms with van der Waals surface area (Å²) in [7, 11) is 0. The molecular formula is C29H29FN4O3. The second-order valence-corrected chi connectivity index (χ2v) is 9.35. The number of ether oxygens (including phenoxy) is 1. The van der Waals surface area contributed by atoms with Crippen molar-refractivity contribution < 1.29 is 18.7 Å². The van der Waals surface area contributed by atoms with E-state index in [2.05, 4.69) is 26.6 Å². The fraction of sp³-hybridized carbons (Fsp3) is 0.276. The van der Waals surface area contributed by atoms with E-state index in [0.717, 1.165) is 49.7 Å². The molecular weight excluding hydrogens is 471 g/mol. The third-order valence-electron chi connectivity index (χ3n) is 6.70. The van der Waals surface area contributed by atoms with Crippen molar-refractivity contribution in [3.8, 4) is 0 Å². The van der Waals surface area contributed by atoms with E-state index >= 15 is 0 Å². The highest BCUT2D eigenvalue weighted by molar-refractivity contribution is 6.13. The number of amides is 2. The van der Waals surface area contributed by atoms with Crippen molar-refractivity contribution in [3.05, 3.63) is 94.8 Å². The Morgan fingerprint density at radius 3 is 2.73 bits per heavy atom. The molecule has 2 N–H and O–H groups in total. The highest BCUT2D eigenvalue weighted by Gasteiger charge is 2.30. The number of fused-ring (bicyclic) bond motifs is 1. The van der Waals surface area contributed by atoms with Crippen LogP contribution in [-0.2, 0) is 16.1 Å². The number of benzene rings is 3. The number of carbonyl (C=O) groups excluding carboxylic acids is 2. The number of halogens is 1. The first-order chi connectivity index (χ1) is 18.0. The van der Waals surface area contributed by atoms with E-state index in [1.165, 1.54) is 12.1 Å². The Morgan fingerprint density at radius 2 is 1.95 bits per heavy atom. The summed E-state index contributed by atoms with van der Waals surface area (Å²) >= 11 is 0. The fourth-order valence-electron chi connectivity index (χ4n) is 4.60. The molecule has 2 atom stereocenters. The first kappa shape index (κ1) is 24.8. The first-order valence-electron chi connectivity index (χ1n) is 12.4. The van der Waals surface area contributed by atoms with Crippen LogP contribution in [0.2, 0.25) is 0 Å². The van der Waals surface area contributed by atoms with Gasteiger partial charge >= 0.3 is 0 Å². The van der Waals surface area contributed by atoms with Crippen molar-refractivity contribution in [2.24, 2.45) is 4.99 Å². The van der Waals surface area contributed by atoms with Crippen molar-refractivity contribution in [1.82, 2.24) is 10.2 Å². The maximum atomic E-state index is 13.2. The number of anilines is 1. The Labute approximate surface area is 215 Å². The van der Waals surface area contributed by atoms with Crippen molar-refractivity contribution in [1.29, 1.82) is 0 Å². The Morgan fingerprint density at radius 1 is 1.16 bits per heavy atom. The van der Waals surface area contributed by atoms with Gasteiger partial charge in [0.15, 0.2) is 0 Å². The molecule has 190 valence electrons. The number of nitrogens with zero attached hydrogens (tertiary/aromatic N) is 2. The van der Waals surface area contributed by atoms with Gasteiger partial charge < -0.3 is 15.4 Å². The number of nitrogens with one attached hydrogen (secondary N) is 2. The molecule has 1 fully saturated rings. The van der Waals surface area contributed by atoms with Crippen molar-refractivity contribution in [3.63, 3.8) is 0 Å². The minimum absolute atomic E-state index is 0.180. The quantitative estimate of drug-likeness (QED) is 0.465. The van der Waals surface area contributed by atoms with E-state index in [1.54, 1.807) is 36.5 Å². The number of hydrogen-bond acceptors (Lipinski definition) is 5. The molecule has 3 aromatic rings. The molecule has 8 heteroatoms. The average Bonchev–Trinajstić information content (AvgIpc) is 3.22. The summed E-state index contributed by atoms with van der Waals surface area (Å²) in [6.45, 7) is 5.98. The highest BCUT2D eigenvalue weighted by Crippen LogP contribution is 2.33. The molecule has 7 nitrogen and oxygen atoms in total. The molecule has 3 aromatic carbocycles. The SMILES string of the molecule is C[C@@H](NC(=O)c1ccc2c(c1)C(C=Nc1cccc(CN3CCOCC3)c1)C(=O)N2)c1ccc(F)cc1. The minimum atomic E-state index is -0.597. The van der Waals surface area contributed by atoms with Crippen LogP contribution in [0.1, 0.15) is 45.9 Å². The lowest BCUT2D eigenvalue weighted by atomic mass is 9.99. The van der Waals surface area contributed by atoms with Crippen LogP contribution in [0.15, 0.2) is 71.7 Å². The van der Waals surface area contributed by atoms with Crippen LogP contribution in [0.4, 0.5) is 15.8 Å². The van der Waals surface area contributed by atoms with E-state index in [4.69, 9.17) is 4.74 Å². The fourth-order valence-corrected chi connectivity index (χ4v) is 4.60. The molecule has 0 aliphatic carbocycles. The van der Waals surface area contributed by atoms with E-state index < -0.39 is 5.92 Å². The van der Waals surface area contributed by atoms with Crippen molar-refractivity contribution in [2.45, 2.75) is 25.4 Å². The predicted molar refractivity (Wildman–Crippen MR) is 141 cm³/mol. The van der Waals surface area contributed by atoms with Gasteiger partial charge in [-0.3, -0.25) is 19.5 Å². The van der Waals surface area contributed by atoms with E-state index in [1.807, 2.05) is 25.1 Å². The zero-order chi connectivity index (χ0) is 25.8. The molecule has 0 bridgehead atoms. The van der Waals surface area contributed by atoms with Gasteiger partial charge in [0.2, 0.25) is 5.91 Å². The maximum Gasteiger partial charge on any atom is 0.251 e. The summed E-state index contributed by atoms with van der Waals surface area (Å²) in [4.78, 5) is 32.6. The lowest BCUT2D eigenvalue weighted by molar-refractivity contribution is -0.115. The predicted octanol–water partition coefficient (Wildman–Crippen LogP) is 4.59. The second kappa shape index (κ2) is 11.0. The highest BCUT2D eigenvalue weighted by atomic mass is 19.1. The standard InChI is InChI=1S/C29H29FN4O3/c1-19(21-5-8-23(30)9-6-21)32-28(35)22-7-10-27-25(16-22)26(29(36)33-27)17-31-24-4-2-3-20(15-24)18-34-11-13-37-14-12-34/h2-10,15-17,19,26H,11-14,18H2,1H3,(H,32,35)(H,33,36)/t19-,26?/m1/s1. The van der Waals surface area contributed by atoms with Crippen LogP contribution < -0.4 is 10.6 Å². The molecule has 1 saturated heterocycles. The van der Waals surface area contributed by atoms with Gasteiger partial charge in [-0.05, 0) is 66.1 Å². The molecule has 5 rings (SSSR count). The van der Waals surface area contributed by atoms with E-state index in [0.29, 0.717) is 16.8 Å². The van der Waals surface area contributed by atoms with Crippen LogP contribution in [0.5, 0.6) is 0 Å². The summed E-state index contributed by atoms with van der Waals surface area (Å²) in [5, 5.41) is 5.81. The molecule has 0 aromatic heterocycles. The average molecular weight is 501 g/mol. The lowest BCUT2D eigenvalue weighted by Crippen LogP contribution is -2.35. The number of aliphatic imine (C=N–C) groups is 1. The normalized spacial score (nSPS) is 18.4. The van der Waals surface area contributed by atoms with Crippen LogP contribution in [0.25, 0.3) is 0 Å². The lowest BCUT2D eigenvalue weighted by Gasteiger charge is -2.26. The molecule has 2 aliphatic rings. The first-order valence-corrected chi connectivity index (χ1v) is 12.4. The summed E-state index contributed by atoms with van der Waals surface area (Å²) in [6, 6.07) is 18.9. The second-order valence-electron chi connectivity index (χ2n) is 9.35. The molecule has 2 amide bonds. The molecule has 2 heterocycles. The van der Waals surface area contributed by atoms with Gasteiger partial charge in [-0.25, -0.2) is 4.39 Å². The van der Waals surface area contributed by atoms with Gasteiger partial charge in [0.25, 0.3) is 5.91 Å². The van der Waals surface area contributed by atoms with Gasteiger partial charge in [-0.15, -0.1) is 0 Å². The molecule has 1 unspecified atom stereocenters.